The Hall–Kier alpha value is -1.11. The summed E-state index contributed by atoms with van der Waals surface area (Å²) in [5.74, 6) is 0. The zero-order valence-electron chi connectivity index (χ0n) is 10.3. The summed E-state index contributed by atoms with van der Waals surface area (Å²) in [5, 5.41) is 9.25. The summed E-state index contributed by atoms with van der Waals surface area (Å²) in [5.41, 5.74) is 6.69. The standard InChI is InChI=1S/C12H18N2O3S/c1-9-4-2-6-11(13)12(9)18(16,17)14-7-3-5-10(14)8-15/h2,4,6,10,15H,3,5,7-8,13H2,1H3/t10-/m1/s1. The highest BCUT2D eigenvalue weighted by atomic mass is 32.2. The first-order valence-corrected chi connectivity index (χ1v) is 7.40. The lowest BCUT2D eigenvalue weighted by molar-refractivity contribution is 0.213. The van der Waals surface area contributed by atoms with Crippen molar-refractivity contribution in [3.8, 4) is 0 Å². The molecule has 1 aliphatic rings. The molecule has 0 aromatic heterocycles. The van der Waals surface area contributed by atoms with Crippen molar-refractivity contribution in [1.82, 2.24) is 4.31 Å². The van der Waals surface area contributed by atoms with E-state index in [4.69, 9.17) is 5.73 Å². The first-order valence-electron chi connectivity index (χ1n) is 5.96. The quantitative estimate of drug-likeness (QED) is 0.793. The summed E-state index contributed by atoms with van der Waals surface area (Å²) in [7, 11) is -3.61. The minimum absolute atomic E-state index is 0.148. The van der Waals surface area contributed by atoms with Gasteiger partial charge in [-0.05, 0) is 31.4 Å². The van der Waals surface area contributed by atoms with Crippen LogP contribution < -0.4 is 5.73 Å². The number of sulfonamides is 1. The van der Waals surface area contributed by atoms with Crippen LogP contribution in [0, 0.1) is 6.92 Å². The number of hydrogen-bond acceptors (Lipinski definition) is 4. The van der Waals surface area contributed by atoms with Crippen LogP contribution in [0.2, 0.25) is 0 Å². The highest BCUT2D eigenvalue weighted by Gasteiger charge is 2.36. The van der Waals surface area contributed by atoms with E-state index < -0.39 is 10.0 Å². The van der Waals surface area contributed by atoms with Crippen LogP contribution in [0.3, 0.4) is 0 Å². The molecule has 0 radical (unpaired) electrons. The van der Waals surface area contributed by atoms with E-state index in [2.05, 4.69) is 0 Å². The van der Waals surface area contributed by atoms with E-state index in [0.29, 0.717) is 18.5 Å². The first-order chi connectivity index (χ1) is 8.48. The summed E-state index contributed by atoms with van der Waals surface area (Å²) in [4.78, 5) is 0.172. The second kappa shape index (κ2) is 4.87. The molecular weight excluding hydrogens is 252 g/mol. The molecule has 1 saturated heterocycles. The fraction of sp³-hybridized carbons (Fsp3) is 0.500. The van der Waals surface area contributed by atoms with Gasteiger partial charge in [-0.25, -0.2) is 8.42 Å². The van der Waals surface area contributed by atoms with Gasteiger partial charge >= 0.3 is 0 Å². The Labute approximate surface area is 107 Å². The molecule has 18 heavy (non-hydrogen) atoms. The average molecular weight is 270 g/mol. The Morgan fingerprint density at radius 3 is 2.83 bits per heavy atom. The Morgan fingerprint density at radius 2 is 2.22 bits per heavy atom. The fourth-order valence-electron chi connectivity index (χ4n) is 2.45. The Kier molecular flexibility index (Phi) is 3.61. The Morgan fingerprint density at radius 1 is 1.50 bits per heavy atom. The van der Waals surface area contributed by atoms with Gasteiger partial charge in [0, 0.05) is 12.6 Å². The fourth-order valence-corrected chi connectivity index (χ4v) is 4.46. The summed E-state index contributed by atoms with van der Waals surface area (Å²) >= 11 is 0. The van der Waals surface area contributed by atoms with E-state index in [9.17, 15) is 13.5 Å². The van der Waals surface area contributed by atoms with E-state index in [-0.39, 0.29) is 23.2 Å². The van der Waals surface area contributed by atoms with E-state index in [1.807, 2.05) is 0 Å². The number of aliphatic hydroxyl groups excluding tert-OH is 1. The molecule has 0 bridgehead atoms. The number of nitrogens with two attached hydrogens (primary N) is 1. The lowest BCUT2D eigenvalue weighted by Crippen LogP contribution is -2.38. The third-order valence-electron chi connectivity index (χ3n) is 3.34. The largest absolute Gasteiger partial charge is 0.398 e. The molecular formula is C12H18N2O3S. The summed E-state index contributed by atoms with van der Waals surface area (Å²) in [6, 6.07) is 4.72. The number of anilines is 1. The molecule has 5 nitrogen and oxygen atoms in total. The zero-order chi connectivity index (χ0) is 13.3. The van der Waals surface area contributed by atoms with Crippen molar-refractivity contribution in [2.24, 2.45) is 0 Å². The van der Waals surface area contributed by atoms with E-state index in [1.54, 1.807) is 25.1 Å². The predicted octanol–water partition coefficient (Wildman–Crippen LogP) is 0.723. The SMILES string of the molecule is Cc1cccc(N)c1S(=O)(=O)N1CCC[C@@H]1CO. The molecule has 1 heterocycles. The third kappa shape index (κ3) is 2.11. The number of benzene rings is 1. The van der Waals surface area contributed by atoms with Gasteiger partial charge in [-0.3, -0.25) is 0 Å². The second-order valence-corrected chi connectivity index (χ2v) is 6.42. The first kappa shape index (κ1) is 13.3. The van der Waals surface area contributed by atoms with Gasteiger partial charge in [0.15, 0.2) is 0 Å². The normalized spacial score (nSPS) is 21.3. The van der Waals surface area contributed by atoms with Gasteiger partial charge in [0.05, 0.1) is 12.3 Å². The molecule has 1 fully saturated rings. The third-order valence-corrected chi connectivity index (χ3v) is 5.51. The number of hydrogen-bond donors (Lipinski definition) is 2. The highest BCUT2D eigenvalue weighted by molar-refractivity contribution is 7.89. The maximum atomic E-state index is 12.6. The molecule has 1 aliphatic heterocycles. The molecule has 1 atom stereocenters. The molecule has 1 aromatic rings. The maximum Gasteiger partial charge on any atom is 0.245 e. The second-order valence-electron chi connectivity index (χ2n) is 4.59. The summed E-state index contributed by atoms with van der Waals surface area (Å²) < 4.78 is 26.5. The van der Waals surface area contributed by atoms with Crippen LogP contribution >= 0.6 is 0 Å². The van der Waals surface area contributed by atoms with Crippen LogP contribution in [0.1, 0.15) is 18.4 Å². The monoisotopic (exact) mass is 270 g/mol. The van der Waals surface area contributed by atoms with Crippen LogP contribution in [0.25, 0.3) is 0 Å². The molecule has 0 unspecified atom stereocenters. The smallest absolute Gasteiger partial charge is 0.245 e. The van der Waals surface area contributed by atoms with E-state index in [1.165, 1.54) is 4.31 Å². The number of nitrogen functional groups attached to an aromatic ring is 1. The summed E-state index contributed by atoms with van der Waals surface area (Å²) in [6.45, 7) is 2.03. The van der Waals surface area contributed by atoms with Crippen molar-refractivity contribution in [2.45, 2.75) is 30.7 Å². The van der Waals surface area contributed by atoms with Gasteiger partial charge in [0.2, 0.25) is 10.0 Å². The molecule has 0 spiro atoms. The van der Waals surface area contributed by atoms with Crippen LogP contribution in [-0.2, 0) is 10.0 Å². The molecule has 2 rings (SSSR count). The van der Waals surface area contributed by atoms with Gasteiger partial charge in [-0.1, -0.05) is 12.1 Å². The zero-order valence-corrected chi connectivity index (χ0v) is 11.2. The number of aliphatic hydroxyl groups is 1. The minimum atomic E-state index is -3.61. The van der Waals surface area contributed by atoms with Crippen LogP contribution in [-0.4, -0.2) is 37.0 Å². The molecule has 0 amide bonds. The Bertz CT molecular complexity index is 522. The van der Waals surface area contributed by atoms with Crippen LogP contribution in [0.15, 0.2) is 23.1 Å². The van der Waals surface area contributed by atoms with Gasteiger partial charge in [0.25, 0.3) is 0 Å². The maximum absolute atomic E-state index is 12.6. The van der Waals surface area contributed by atoms with Crippen molar-refractivity contribution < 1.29 is 13.5 Å². The van der Waals surface area contributed by atoms with Gasteiger partial charge in [0.1, 0.15) is 4.90 Å². The summed E-state index contributed by atoms with van der Waals surface area (Å²) in [6.07, 6.45) is 1.47. The predicted molar refractivity (Wildman–Crippen MR) is 69.6 cm³/mol. The van der Waals surface area contributed by atoms with E-state index in [0.717, 1.165) is 6.42 Å². The average Bonchev–Trinajstić information content (AvgIpc) is 2.77. The van der Waals surface area contributed by atoms with Crippen LogP contribution in [0.5, 0.6) is 0 Å². The van der Waals surface area contributed by atoms with Crippen molar-refractivity contribution in [3.05, 3.63) is 23.8 Å². The number of nitrogens with zero attached hydrogens (tertiary/aromatic N) is 1. The van der Waals surface area contributed by atoms with Crippen molar-refractivity contribution in [3.63, 3.8) is 0 Å². The van der Waals surface area contributed by atoms with Crippen LogP contribution in [0.4, 0.5) is 5.69 Å². The topological polar surface area (TPSA) is 83.6 Å². The molecule has 3 N–H and O–H groups in total. The van der Waals surface area contributed by atoms with Gasteiger partial charge in [-0.2, -0.15) is 4.31 Å². The minimum Gasteiger partial charge on any atom is -0.398 e. The molecule has 100 valence electrons. The van der Waals surface area contributed by atoms with E-state index >= 15 is 0 Å². The number of aryl methyl sites for hydroxylation is 1. The lowest BCUT2D eigenvalue weighted by Gasteiger charge is -2.24. The molecule has 1 aromatic carbocycles. The van der Waals surface area contributed by atoms with Crippen molar-refractivity contribution in [2.75, 3.05) is 18.9 Å². The molecule has 0 saturated carbocycles. The van der Waals surface area contributed by atoms with Gasteiger partial charge in [-0.15, -0.1) is 0 Å². The van der Waals surface area contributed by atoms with Gasteiger partial charge < -0.3 is 10.8 Å². The molecule has 0 aliphatic carbocycles. The highest BCUT2D eigenvalue weighted by Crippen LogP contribution is 2.30. The lowest BCUT2D eigenvalue weighted by atomic mass is 10.2. The number of rotatable bonds is 3. The van der Waals surface area contributed by atoms with Crippen molar-refractivity contribution in [1.29, 1.82) is 0 Å². The Balaban J connectivity index is 2.49. The molecule has 6 heteroatoms. The van der Waals surface area contributed by atoms with Crippen molar-refractivity contribution >= 4 is 15.7 Å².